The zero-order valence-electron chi connectivity index (χ0n) is 10.2. The molecule has 1 unspecified atom stereocenters. The van der Waals surface area contributed by atoms with E-state index in [0.717, 1.165) is 22.4 Å². The van der Waals surface area contributed by atoms with Gasteiger partial charge in [-0.05, 0) is 42.7 Å². The van der Waals surface area contributed by atoms with E-state index in [1.807, 2.05) is 26.0 Å². The Hall–Kier alpha value is -1.81. The van der Waals surface area contributed by atoms with E-state index in [1.165, 1.54) is 0 Å². The number of rotatable bonds is 3. The van der Waals surface area contributed by atoms with E-state index in [0.29, 0.717) is 5.82 Å². The zero-order valence-corrected chi connectivity index (χ0v) is 10.2. The maximum Gasteiger partial charge on any atom is 0.139 e. The van der Waals surface area contributed by atoms with Crippen molar-refractivity contribution in [2.45, 2.75) is 20.0 Å². The van der Waals surface area contributed by atoms with E-state index in [9.17, 15) is 5.11 Å². The summed E-state index contributed by atoms with van der Waals surface area (Å²) in [7, 11) is 1.64. The van der Waals surface area contributed by atoms with Crippen molar-refractivity contribution in [3.8, 4) is 5.75 Å². The van der Waals surface area contributed by atoms with Gasteiger partial charge in [0.2, 0.25) is 0 Å². The van der Waals surface area contributed by atoms with Crippen molar-refractivity contribution < 1.29 is 9.84 Å². The van der Waals surface area contributed by atoms with Gasteiger partial charge in [0.25, 0.3) is 0 Å². The second kappa shape index (κ2) is 4.59. The summed E-state index contributed by atoms with van der Waals surface area (Å²) in [5.41, 5.74) is 2.83. The zero-order chi connectivity index (χ0) is 12.4. The van der Waals surface area contributed by atoms with Crippen molar-refractivity contribution in [3.05, 3.63) is 47.0 Å². The Bertz CT molecular complexity index is 506. The maximum atomic E-state index is 10.2. The summed E-state index contributed by atoms with van der Waals surface area (Å²) in [5.74, 6) is 1.38. The molecule has 1 aromatic heterocycles. The summed E-state index contributed by atoms with van der Waals surface area (Å²) in [6, 6.07) is 3.86. The largest absolute Gasteiger partial charge is 0.496 e. The van der Waals surface area contributed by atoms with Crippen molar-refractivity contribution in [1.82, 2.24) is 9.97 Å². The molecule has 0 saturated carbocycles. The molecule has 90 valence electrons. The minimum Gasteiger partial charge on any atom is -0.496 e. The monoisotopic (exact) mass is 232 g/mol. The molecule has 0 spiro atoms. The van der Waals surface area contributed by atoms with Crippen LogP contribution in [0.1, 0.15) is 28.6 Å². The van der Waals surface area contributed by atoms with Crippen LogP contribution >= 0.6 is 0 Å². The summed E-state index contributed by atoms with van der Waals surface area (Å²) in [6.45, 7) is 3.90. The Morgan fingerprint density at radius 3 is 2.65 bits per heavy atom. The van der Waals surface area contributed by atoms with Gasteiger partial charge in [-0.3, -0.25) is 0 Å². The Kier molecular flexibility index (Phi) is 3.15. The molecule has 0 radical (unpaired) electrons. The van der Waals surface area contributed by atoms with Crippen LogP contribution in [0.25, 0.3) is 0 Å². The minimum absolute atomic E-state index is 0.553. The van der Waals surface area contributed by atoms with Gasteiger partial charge in [0, 0.05) is 12.4 Å². The molecule has 0 amide bonds. The van der Waals surface area contributed by atoms with Crippen LogP contribution in [-0.4, -0.2) is 22.2 Å². The average Bonchev–Trinajstić information content (AvgIpc) is 2.84. The fourth-order valence-electron chi connectivity index (χ4n) is 1.90. The molecule has 1 atom stereocenters. The highest BCUT2D eigenvalue weighted by Gasteiger charge is 2.16. The molecule has 0 saturated heterocycles. The number of aryl methyl sites for hydroxylation is 2. The number of nitrogens with zero attached hydrogens (tertiary/aromatic N) is 1. The molecule has 0 bridgehead atoms. The lowest BCUT2D eigenvalue weighted by Gasteiger charge is -2.14. The quantitative estimate of drug-likeness (QED) is 0.852. The average molecular weight is 232 g/mol. The molecule has 4 nitrogen and oxygen atoms in total. The molecule has 2 rings (SSSR count). The van der Waals surface area contributed by atoms with E-state index in [2.05, 4.69) is 9.97 Å². The topological polar surface area (TPSA) is 58.1 Å². The summed E-state index contributed by atoms with van der Waals surface area (Å²) in [6.07, 6.45) is 2.60. The van der Waals surface area contributed by atoms with E-state index < -0.39 is 6.10 Å². The van der Waals surface area contributed by atoms with Crippen LogP contribution in [0.5, 0.6) is 5.75 Å². The van der Waals surface area contributed by atoms with E-state index in [1.54, 1.807) is 19.5 Å². The molecule has 2 aromatic rings. The number of benzene rings is 1. The molecule has 4 heteroatoms. The number of H-pyrrole nitrogens is 1. The number of aromatic nitrogens is 2. The predicted octanol–water partition coefficient (Wildman–Crippen LogP) is 2.12. The Morgan fingerprint density at radius 2 is 2.06 bits per heavy atom. The number of aromatic amines is 1. The number of aliphatic hydroxyl groups excluding tert-OH is 1. The lowest BCUT2D eigenvalue weighted by molar-refractivity contribution is 0.210. The van der Waals surface area contributed by atoms with Gasteiger partial charge in [0.05, 0.1) is 7.11 Å². The third-order valence-electron chi connectivity index (χ3n) is 2.86. The van der Waals surface area contributed by atoms with Gasteiger partial charge < -0.3 is 14.8 Å². The number of methoxy groups -OCH3 is 1. The van der Waals surface area contributed by atoms with Gasteiger partial charge in [0.15, 0.2) is 0 Å². The first-order chi connectivity index (χ1) is 8.13. The lowest BCUT2D eigenvalue weighted by Crippen LogP contribution is -2.05. The van der Waals surface area contributed by atoms with Crippen molar-refractivity contribution in [2.75, 3.05) is 7.11 Å². The predicted molar refractivity (Wildman–Crippen MR) is 65.1 cm³/mol. The molecule has 17 heavy (non-hydrogen) atoms. The molecule has 2 N–H and O–H groups in total. The number of nitrogens with one attached hydrogen (secondary N) is 1. The Labute approximate surface area is 100 Å². The number of aliphatic hydroxyl groups is 1. The van der Waals surface area contributed by atoms with Gasteiger partial charge in [-0.15, -0.1) is 0 Å². The summed E-state index contributed by atoms with van der Waals surface area (Å²) in [5, 5.41) is 10.2. The molecule has 0 fully saturated rings. The van der Waals surface area contributed by atoms with Gasteiger partial charge in [-0.25, -0.2) is 4.98 Å². The van der Waals surface area contributed by atoms with Crippen molar-refractivity contribution >= 4 is 0 Å². The lowest BCUT2D eigenvalue weighted by atomic mass is 9.99. The Balaban J connectivity index is 2.42. The van der Waals surface area contributed by atoms with Crippen LogP contribution < -0.4 is 4.74 Å². The molecule has 1 aromatic carbocycles. The number of hydrogen-bond acceptors (Lipinski definition) is 3. The standard InChI is InChI=1S/C13H16N2O2/c1-8-7-11(17-3)9(2)6-10(8)12(16)13-14-4-5-15-13/h4-7,12,16H,1-3H3,(H,14,15). The van der Waals surface area contributed by atoms with E-state index >= 15 is 0 Å². The van der Waals surface area contributed by atoms with Crippen LogP contribution in [0.3, 0.4) is 0 Å². The number of ether oxygens (including phenoxy) is 1. The van der Waals surface area contributed by atoms with Crippen LogP contribution in [0, 0.1) is 13.8 Å². The maximum absolute atomic E-state index is 10.2. The smallest absolute Gasteiger partial charge is 0.139 e. The van der Waals surface area contributed by atoms with Crippen molar-refractivity contribution in [1.29, 1.82) is 0 Å². The number of imidazole rings is 1. The van der Waals surface area contributed by atoms with E-state index in [-0.39, 0.29) is 0 Å². The highest BCUT2D eigenvalue weighted by molar-refractivity contribution is 5.43. The normalized spacial score (nSPS) is 12.5. The van der Waals surface area contributed by atoms with Crippen LogP contribution in [0.2, 0.25) is 0 Å². The second-order valence-corrected chi connectivity index (χ2v) is 4.06. The van der Waals surface area contributed by atoms with Gasteiger partial charge in [-0.1, -0.05) is 0 Å². The van der Waals surface area contributed by atoms with Crippen LogP contribution in [0.15, 0.2) is 24.5 Å². The molecule has 0 aliphatic carbocycles. The highest BCUT2D eigenvalue weighted by Crippen LogP contribution is 2.28. The molecule has 0 aliphatic heterocycles. The minimum atomic E-state index is -0.727. The van der Waals surface area contributed by atoms with Crippen molar-refractivity contribution in [2.24, 2.45) is 0 Å². The second-order valence-electron chi connectivity index (χ2n) is 4.06. The molecule has 1 heterocycles. The molecule has 0 aliphatic rings. The summed E-state index contributed by atoms with van der Waals surface area (Å²) < 4.78 is 5.25. The first kappa shape index (κ1) is 11.7. The molecular weight excluding hydrogens is 216 g/mol. The first-order valence-corrected chi connectivity index (χ1v) is 5.46. The summed E-state index contributed by atoms with van der Waals surface area (Å²) in [4.78, 5) is 6.99. The SMILES string of the molecule is COc1cc(C)c(C(O)c2ncc[nH]2)cc1C. The third-order valence-corrected chi connectivity index (χ3v) is 2.86. The van der Waals surface area contributed by atoms with Crippen LogP contribution in [-0.2, 0) is 0 Å². The van der Waals surface area contributed by atoms with E-state index in [4.69, 9.17) is 4.74 Å². The molecular formula is C13H16N2O2. The number of hydrogen-bond donors (Lipinski definition) is 2. The van der Waals surface area contributed by atoms with Gasteiger partial charge in [0.1, 0.15) is 17.7 Å². The fourth-order valence-corrected chi connectivity index (χ4v) is 1.90. The third kappa shape index (κ3) is 2.17. The Morgan fingerprint density at radius 1 is 1.29 bits per heavy atom. The highest BCUT2D eigenvalue weighted by atomic mass is 16.5. The summed E-state index contributed by atoms with van der Waals surface area (Å²) >= 11 is 0. The first-order valence-electron chi connectivity index (χ1n) is 5.46. The van der Waals surface area contributed by atoms with Gasteiger partial charge in [-0.2, -0.15) is 0 Å². The van der Waals surface area contributed by atoms with Crippen LogP contribution in [0.4, 0.5) is 0 Å². The van der Waals surface area contributed by atoms with Crippen molar-refractivity contribution in [3.63, 3.8) is 0 Å². The fraction of sp³-hybridized carbons (Fsp3) is 0.308. The van der Waals surface area contributed by atoms with Gasteiger partial charge >= 0.3 is 0 Å².